The molecule has 0 fully saturated rings. The van der Waals surface area contributed by atoms with Gasteiger partial charge in [-0.05, 0) is 54.3 Å². The third-order valence-electron chi connectivity index (χ3n) is 6.25. The number of aryl methyl sites for hydroxylation is 1. The quantitative estimate of drug-likeness (QED) is 0.278. The molecule has 0 atom stereocenters. The average Bonchev–Trinajstić information content (AvgIpc) is 2.97. The molecule has 2 amide bonds. The highest BCUT2D eigenvalue weighted by Gasteiger charge is 2.28. The van der Waals surface area contributed by atoms with Gasteiger partial charge in [0.25, 0.3) is 15.9 Å². The van der Waals surface area contributed by atoms with E-state index >= 15 is 0 Å². The van der Waals surface area contributed by atoms with Crippen LogP contribution in [0.1, 0.15) is 28.4 Å². The second-order valence-corrected chi connectivity index (χ2v) is 10.8. The van der Waals surface area contributed by atoms with Crippen LogP contribution < -0.4 is 14.9 Å². The van der Waals surface area contributed by atoms with Crippen molar-refractivity contribution in [2.45, 2.75) is 24.7 Å². The molecule has 39 heavy (non-hydrogen) atoms. The van der Waals surface area contributed by atoms with Gasteiger partial charge in [-0.25, -0.2) is 8.42 Å². The Hall–Kier alpha value is -4.43. The van der Waals surface area contributed by atoms with Crippen molar-refractivity contribution < 1.29 is 18.0 Å². The van der Waals surface area contributed by atoms with Crippen LogP contribution in [0.15, 0.2) is 114 Å². The number of sulfonamides is 1. The molecular formula is C31H31N3O4S. The second kappa shape index (κ2) is 12.9. The van der Waals surface area contributed by atoms with E-state index in [9.17, 15) is 18.0 Å². The van der Waals surface area contributed by atoms with E-state index in [2.05, 4.69) is 10.6 Å². The van der Waals surface area contributed by atoms with Crippen molar-refractivity contribution in [2.24, 2.45) is 0 Å². The number of carbonyl (C=O) groups excluding carboxylic acids is 2. The summed E-state index contributed by atoms with van der Waals surface area (Å²) in [5.74, 6) is -0.892. The van der Waals surface area contributed by atoms with Crippen LogP contribution in [0.2, 0.25) is 0 Å². The van der Waals surface area contributed by atoms with E-state index < -0.39 is 22.5 Å². The van der Waals surface area contributed by atoms with E-state index in [-0.39, 0.29) is 10.8 Å². The molecule has 0 saturated heterocycles. The lowest BCUT2D eigenvalue weighted by atomic mass is 10.1. The summed E-state index contributed by atoms with van der Waals surface area (Å²) in [6.45, 7) is 1.90. The minimum atomic E-state index is -4.05. The van der Waals surface area contributed by atoms with E-state index in [1.54, 1.807) is 54.6 Å². The van der Waals surface area contributed by atoms with Crippen molar-refractivity contribution in [3.05, 3.63) is 126 Å². The van der Waals surface area contributed by atoms with Crippen molar-refractivity contribution in [1.29, 1.82) is 0 Å². The standard InChI is InChI=1S/C31H31N3O4S/c1-2-25-15-9-12-20-29(25)34(39(37,38)26-16-7-4-8-17-26)23-30(35)33-28-19-11-10-18-27(28)31(36)32-22-21-24-13-5-3-6-14-24/h3-20H,2,21-23H2,1H3,(H,32,36)(H,33,35). The molecule has 0 radical (unpaired) electrons. The first kappa shape index (κ1) is 27.6. The van der Waals surface area contributed by atoms with E-state index in [1.165, 1.54) is 12.1 Å². The summed E-state index contributed by atoms with van der Waals surface area (Å²) in [7, 11) is -4.05. The average molecular weight is 542 g/mol. The van der Waals surface area contributed by atoms with Gasteiger partial charge in [-0.1, -0.05) is 85.8 Å². The summed E-state index contributed by atoms with van der Waals surface area (Å²) in [5, 5.41) is 5.65. The number of para-hydroxylation sites is 2. The summed E-state index contributed by atoms with van der Waals surface area (Å²) in [5.41, 5.74) is 2.94. The van der Waals surface area contributed by atoms with Crippen molar-refractivity contribution in [2.75, 3.05) is 22.7 Å². The van der Waals surface area contributed by atoms with Crippen molar-refractivity contribution in [3.63, 3.8) is 0 Å². The van der Waals surface area contributed by atoms with Gasteiger partial charge in [-0.3, -0.25) is 13.9 Å². The molecule has 4 aromatic rings. The molecule has 8 heteroatoms. The van der Waals surface area contributed by atoms with Crippen LogP contribution in [0.4, 0.5) is 11.4 Å². The Morgan fingerprint density at radius 3 is 2.10 bits per heavy atom. The minimum absolute atomic E-state index is 0.0851. The van der Waals surface area contributed by atoms with Gasteiger partial charge in [0.15, 0.2) is 0 Å². The van der Waals surface area contributed by atoms with Crippen LogP contribution in [0.5, 0.6) is 0 Å². The van der Waals surface area contributed by atoms with Gasteiger partial charge in [0.1, 0.15) is 6.54 Å². The molecule has 4 aromatic carbocycles. The normalized spacial score (nSPS) is 11.0. The SMILES string of the molecule is CCc1ccccc1N(CC(=O)Nc1ccccc1C(=O)NCCc1ccccc1)S(=O)(=O)c1ccccc1. The molecule has 0 heterocycles. The predicted molar refractivity (Wildman–Crippen MR) is 154 cm³/mol. The number of anilines is 2. The monoisotopic (exact) mass is 541 g/mol. The van der Waals surface area contributed by atoms with Gasteiger partial charge in [0.2, 0.25) is 5.91 Å². The third kappa shape index (κ3) is 6.91. The second-order valence-electron chi connectivity index (χ2n) is 8.89. The fourth-order valence-electron chi connectivity index (χ4n) is 4.24. The Kier molecular flexibility index (Phi) is 9.12. The molecule has 0 aromatic heterocycles. The first-order valence-corrected chi connectivity index (χ1v) is 14.2. The van der Waals surface area contributed by atoms with E-state index in [0.29, 0.717) is 36.3 Å². The molecule has 0 unspecified atom stereocenters. The van der Waals surface area contributed by atoms with E-state index in [4.69, 9.17) is 0 Å². The van der Waals surface area contributed by atoms with Crippen LogP contribution in [0.25, 0.3) is 0 Å². The summed E-state index contributed by atoms with van der Waals surface area (Å²) >= 11 is 0. The van der Waals surface area contributed by atoms with Gasteiger partial charge in [-0.2, -0.15) is 0 Å². The molecule has 0 aliphatic rings. The number of nitrogens with zero attached hydrogens (tertiary/aromatic N) is 1. The van der Waals surface area contributed by atoms with E-state index in [0.717, 1.165) is 15.4 Å². The summed E-state index contributed by atoms with van der Waals surface area (Å²) in [6.07, 6.45) is 1.26. The summed E-state index contributed by atoms with van der Waals surface area (Å²) in [4.78, 5) is 26.3. The van der Waals surface area contributed by atoms with E-state index in [1.807, 2.05) is 49.4 Å². The lowest BCUT2D eigenvalue weighted by molar-refractivity contribution is -0.114. The van der Waals surface area contributed by atoms with Gasteiger partial charge in [0, 0.05) is 6.54 Å². The lowest BCUT2D eigenvalue weighted by Crippen LogP contribution is -2.39. The highest BCUT2D eigenvalue weighted by atomic mass is 32.2. The number of carbonyl (C=O) groups is 2. The van der Waals surface area contributed by atoms with Gasteiger partial charge >= 0.3 is 0 Å². The minimum Gasteiger partial charge on any atom is -0.352 e. The number of hydrogen-bond donors (Lipinski definition) is 2. The molecule has 200 valence electrons. The highest BCUT2D eigenvalue weighted by molar-refractivity contribution is 7.92. The van der Waals surface area contributed by atoms with Gasteiger partial charge in [0.05, 0.1) is 21.8 Å². The topological polar surface area (TPSA) is 95.6 Å². The van der Waals surface area contributed by atoms with Gasteiger partial charge in [-0.15, -0.1) is 0 Å². The Labute approximate surface area is 229 Å². The molecule has 0 aliphatic heterocycles. The first-order chi connectivity index (χ1) is 18.9. The largest absolute Gasteiger partial charge is 0.352 e. The van der Waals surface area contributed by atoms with Gasteiger partial charge < -0.3 is 10.6 Å². The Balaban J connectivity index is 1.54. The smallest absolute Gasteiger partial charge is 0.264 e. The van der Waals surface area contributed by atoms with Crippen LogP contribution in [0, 0.1) is 0 Å². The summed E-state index contributed by atoms with van der Waals surface area (Å²) < 4.78 is 28.5. The first-order valence-electron chi connectivity index (χ1n) is 12.8. The fraction of sp³-hybridized carbons (Fsp3) is 0.161. The molecule has 4 rings (SSSR count). The van der Waals surface area contributed by atoms with Crippen molar-refractivity contribution in [3.8, 4) is 0 Å². The fourth-order valence-corrected chi connectivity index (χ4v) is 5.72. The molecule has 0 bridgehead atoms. The maximum Gasteiger partial charge on any atom is 0.264 e. The predicted octanol–water partition coefficient (Wildman–Crippen LogP) is 5.06. The van der Waals surface area contributed by atoms with Crippen molar-refractivity contribution >= 4 is 33.2 Å². The zero-order valence-electron chi connectivity index (χ0n) is 21.7. The van der Waals surface area contributed by atoms with Crippen LogP contribution in [-0.2, 0) is 27.7 Å². The van der Waals surface area contributed by atoms with Crippen LogP contribution in [-0.4, -0.2) is 33.3 Å². The zero-order valence-corrected chi connectivity index (χ0v) is 22.5. The molecule has 0 saturated carbocycles. The van der Waals surface area contributed by atoms with Crippen molar-refractivity contribution in [1.82, 2.24) is 5.32 Å². The third-order valence-corrected chi connectivity index (χ3v) is 8.02. The number of benzene rings is 4. The Morgan fingerprint density at radius 2 is 1.38 bits per heavy atom. The molecule has 2 N–H and O–H groups in total. The zero-order chi connectivity index (χ0) is 27.7. The molecule has 0 aliphatic carbocycles. The van der Waals surface area contributed by atoms with Crippen LogP contribution in [0.3, 0.4) is 0 Å². The number of nitrogens with one attached hydrogen (secondary N) is 2. The molecule has 0 spiro atoms. The number of amides is 2. The Morgan fingerprint density at radius 1 is 0.769 bits per heavy atom. The number of rotatable bonds is 11. The van der Waals surface area contributed by atoms with Crippen LogP contribution >= 0.6 is 0 Å². The summed E-state index contributed by atoms with van der Waals surface area (Å²) in [6, 6.07) is 31.6. The number of hydrogen-bond acceptors (Lipinski definition) is 4. The Bertz CT molecular complexity index is 1520. The molecular weight excluding hydrogens is 510 g/mol. The lowest BCUT2D eigenvalue weighted by Gasteiger charge is -2.26. The molecule has 7 nitrogen and oxygen atoms in total. The maximum absolute atomic E-state index is 13.7. The highest BCUT2D eigenvalue weighted by Crippen LogP contribution is 2.28. The maximum atomic E-state index is 13.7.